The lowest BCUT2D eigenvalue weighted by atomic mass is 9.71. The molecule has 0 radical (unpaired) electrons. The van der Waals surface area contributed by atoms with Crippen molar-refractivity contribution in [1.82, 2.24) is 0 Å². The molecule has 1 atom stereocenters. The zero-order valence-corrected chi connectivity index (χ0v) is 12.2. The molecule has 2 aromatic rings. The molecule has 1 aliphatic heterocycles. The number of hydrogen-bond acceptors (Lipinski definition) is 2. The highest BCUT2D eigenvalue weighted by Gasteiger charge is 2.36. The van der Waals surface area contributed by atoms with E-state index in [1.165, 1.54) is 11.6 Å². The highest BCUT2D eigenvalue weighted by Crippen LogP contribution is 2.40. The van der Waals surface area contributed by atoms with Gasteiger partial charge in [0, 0.05) is 17.5 Å². The average Bonchev–Trinajstić information content (AvgIpc) is 2.50. The molecule has 2 nitrogen and oxygen atoms in total. The molecule has 0 saturated carbocycles. The second kappa shape index (κ2) is 5.49. The summed E-state index contributed by atoms with van der Waals surface area (Å²) in [5.41, 5.74) is 9.32. The van der Waals surface area contributed by atoms with E-state index in [-0.39, 0.29) is 11.2 Å². The first-order chi connectivity index (χ1) is 10.1. The predicted octanol–water partition coefficient (Wildman–Crippen LogP) is 3.36. The monoisotopic (exact) mass is 285 g/mol. The summed E-state index contributed by atoms with van der Waals surface area (Å²) in [6, 6.07) is 13.1. The average molecular weight is 285 g/mol. The fourth-order valence-corrected chi connectivity index (χ4v) is 3.21. The van der Waals surface area contributed by atoms with Crippen molar-refractivity contribution >= 4 is 0 Å². The Hall–Kier alpha value is -1.87. The summed E-state index contributed by atoms with van der Waals surface area (Å²) < 4.78 is 19.0. The molecule has 0 spiro atoms. The Kier molecular flexibility index (Phi) is 3.68. The summed E-state index contributed by atoms with van der Waals surface area (Å²) in [7, 11) is 0. The van der Waals surface area contributed by atoms with Crippen LogP contribution in [0.15, 0.2) is 42.5 Å². The molecule has 1 unspecified atom stereocenters. The largest absolute Gasteiger partial charge is 0.493 e. The topological polar surface area (TPSA) is 35.2 Å². The van der Waals surface area contributed by atoms with Gasteiger partial charge in [-0.1, -0.05) is 24.3 Å². The number of rotatable bonds is 3. The SMILES string of the molecule is Cc1cc(F)ccc1CC1(CN)CCOc2ccccc21. The number of benzene rings is 2. The maximum atomic E-state index is 13.3. The second-order valence-electron chi connectivity index (χ2n) is 5.83. The molecule has 2 aromatic carbocycles. The number of hydrogen-bond donors (Lipinski definition) is 1. The van der Waals surface area contributed by atoms with E-state index < -0.39 is 0 Å². The van der Waals surface area contributed by atoms with Crippen LogP contribution < -0.4 is 10.5 Å². The van der Waals surface area contributed by atoms with Gasteiger partial charge in [-0.25, -0.2) is 4.39 Å². The zero-order chi connectivity index (χ0) is 14.9. The molecule has 1 heterocycles. The normalized spacial score (nSPS) is 20.7. The van der Waals surface area contributed by atoms with Crippen LogP contribution in [0, 0.1) is 12.7 Å². The standard InChI is InChI=1S/C18H20FNO/c1-13-10-15(19)7-6-14(13)11-18(12-20)8-9-21-17-5-3-2-4-16(17)18/h2-7,10H,8-9,11-12,20H2,1H3. The van der Waals surface area contributed by atoms with Gasteiger partial charge in [0.05, 0.1) is 6.61 Å². The molecule has 0 fully saturated rings. The number of nitrogens with two attached hydrogens (primary N) is 1. The first kappa shape index (κ1) is 14.1. The minimum absolute atomic E-state index is 0.128. The summed E-state index contributed by atoms with van der Waals surface area (Å²) in [4.78, 5) is 0. The van der Waals surface area contributed by atoms with Crippen molar-refractivity contribution < 1.29 is 9.13 Å². The molecule has 110 valence electrons. The van der Waals surface area contributed by atoms with Gasteiger partial charge in [0.25, 0.3) is 0 Å². The van der Waals surface area contributed by atoms with Crippen molar-refractivity contribution in [1.29, 1.82) is 0 Å². The van der Waals surface area contributed by atoms with Crippen LogP contribution >= 0.6 is 0 Å². The van der Waals surface area contributed by atoms with Gasteiger partial charge in [0.1, 0.15) is 11.6 Å². The van der Waals surface area contributed by atoms with E-state index >= 15 is 0 Å². The van der Waals surface area contributed by atoms with Gasteiger partial charge in [0.15, 0.2) is 0 Å². The lowest BCUT2D eigenvalue weighted by Crippen LogP contribution is -2.41. The van der Waals surface area contributed by atoms with Gasteiger partial charge in [-0.3, -0.25) is 0 Å². The van der Waals surface area contributed by atoms with Crippen LogP contribution in [0.2, 0.25) is 0 Å². The number of halogens is 1. The molecule has 0 saturated heterocycles. The maximum Gasteiger partial charge on any atom is 0.123 e. The number of ether oxygens (including phenoxy) is 1. The van der Waals surface area contributed by atoms with Crippen LogP contribution in [0.25, 0.3) is 0 Å². The first-order valence-corrected chi connectivity index (χ1v) is 7.32. The first-order valence-electron chi connectivity index (χ1n) is 7.32. The summed E-state index contributed by atoms with van der Waals surface area (Å²) in [6.45, 7) is 3.19. The van der Waals surface area contributed by atoms with Crippen molar-refractivity contribution in [3.05, 3.63) is 65.0 Å². The Morgan fingerprint density at radius 1 is 1.24 bits per heavy atom. The van der Waals surface area contributed by atoms with Crippen molar-refractivity contribution in [2.45, 2.75) is 25.2 Å². The zero-order valence-electron chi connectivity index (χ0n) is 12.2. The van der Waals surface area contributed by atoms with E-state index in [4.69, 9.17) is 10.5 Å². The number of aryl methyl sites for hydroxylation is 1. The molecule has 0 amide bonds. The third kappa shape index (κ3) is 2.54. The Morgan fingerprint density at radius 3 is 2.81 bits per heavy atom. The van der Waals surface area contributed by atoms with Gasteiger partial charge in [-0.15, -0.1) is 0 Å². The fourth-order valence-electron chi connectivity index (χ4n) is 3.21. The lowest BCUT2D eigenvalue weighted by Gasteiger charge is -2.38. The van der Waals surface area contributed by atoms with Crippen molar-refractivity contribution in [3.8, 4) is 5.75 Å². The van der Waals surface area contributed by atoms with Crippen molar-refractivity contribution in [3.63, 3.8) is 0 Å². The highest BCUT2D eigenvalue weighted by atomic mass is 19.1. The highest BCUT2D eigenvalue weighted by molar-refractivity contribution is 5.44. The lowest BCUT2D eigenvalue weighted by molar-refractivity contribution is 0.215. The van der Waals surface area contributed by atoms with Crippen molar-refractivity contribution in [2.75, 3.05) is 13.2 Å². The number of fused-ring (bicyclic) bond motifs is 1. The number of para-hydroxylation sites is 1. The third-order valence-corrected chi connectivity index (χ3v) is 4.52. The molecule has 0 bridgehead atoms. The fraction of sp³-hybridized carbons (Fsp3) is 0.333. The maximum absolute atomic E-state index is 13.3. The van der Waals surface area contributed by atoms with E-state index in [1.54, 1.807) is 6.07 Å². The van der Waals surface area contributed by atoms with Crippen LogP contribution in [0.1, 0.15) is 23.1 Å². The van der Waals surface area contributed by atoms with Crippen LogP contribution in [0.4, 0.5) is 4.39 Å². The Labute approximate surface area is 124 Å². The van der Waals surface area contributed by atoms with Crippen LogP contribution in [0.3, 0.4) is 0 Å². The quantitative estimate of drug-likeness (QED) is 0.938. The molecular formula is C18H20FNO. The van der Waals surface area contributed by atoms with Gasteiger partial charge in [-0.2, -0.15) is 0 Å². The van der Waals surface area contributed by atoms with E-state index in [9.17, 15) is 4.39 Å². The molecule has 2 N–H and O–H groups in total. The summed E-state index contributed by atoms with van der Waals surface area (Å²) in [5.74, 6) is 0.736. The Bertz CT molecular complexity index is 655. The molecule has 0 aromatic heterocycles. The molecule has 3 heteroatoms. The molecule has 3 rings (SSSR count). The summed E-state index contributed by atoms with van der Waals surface area (Å²) >= 11 is 0. The van der Waals surface area contributed by atoms with E-state index in [0.29, 0.717) is 13.2 Å². The smallest absolute Gasteiger partial charge is 0.123 e. The van der Waals surface area contributed by atoms with Gasteiger partial charge >= 0.3 is 0 Å². The van der Waals surface area contributed by atoms with Gasteiger partial charge in [-0.05, 0) is 49.1 Å². The van der Waals surface area contributed by atoms with Crippen LogP contribution in [0.5, 0.6) is 5.75 Å². The van der Waals surface area contributed by atoms with Gasteiger partial charge in [0.2, 0.25) is 0 Å². The Balaban J connectivity index is 2.02. The minimum atomic E-state index is -0.189. The summed E-state index contributed by atoms with van der Waals surface area (Å²) in [6.07, 6.45) is 1.70. The molecule has 21 heavy (non-hydrogen) atoms. The van der Waals surface area contributed by atoms with Crippen molar-refractivity contribution in [2.24, 2.45) is 5.73 Å². The van der Waals surface area contributed by atoms with E-state index in [2.05, 4.69) is 6.07 Å². The van der Waals surface area contributed by atoms with E-state index in [1.807, 2.05) is 31.2 Å². The predicted molar refractivity (Wildman–Crippen MR) is 82.1 cm³/mol. The van der Waals surface area contributed by atoms with Gasteiger partial charge < -0.3 is 10.5 Å². The van der Waals surface area contributed by atoms with E-state index in [0.717, 1.165) is 29.7 Å². The molecule has 0 aliphatic carbocycles. The second-order valence-corrected chi connectivity index (χ2v) is 5.83. The molecular weight excluding hydrogens is 265 g/mol. The summed E-state index contributed by atoms with van der Waals surface area (Å²) in [5, 5.41) is 0. The minimum Gasteiger partial charge on any atom is -0.493 e. The third-order valence-electron chi connectivity index (χ3n) is 4.52. The molecule has 1 aliphatic rings. The van der Waals surface area contributed by atoms with Crippen LogP contribution in [-0.2, 0) is 11.8 Å². The van der Waals surface area contributed by atoms with Crippen LogP contribution in [-0.4, -0.2) is 13.2 Å². The Morgan fingerprint density at radius 2 is 2.05 bits per heavy atom.